The van der Waals surface area contributed by atoms with Crippen LogP contribution in [0.25, 0.3) is 0 Å². The average Bonchev–Trinajstić information content (AvgIpc) is 2.59. The first-order chi connectivity index (χ1) is 13.2. The van der Waals surface area contributed by atoms with E-state index in [1.165, 1.54) is 0 Å². The van der Waals surface area contributed by atoms with Crippen molar-refractivity contribution < 1.29 is 27.1 Å². The fourth-order valence-electron chi connectivity index (χ4n) is 1.76. The molecule has 6 nitrogen and oxygen atoms in total. The molecule has 0 aliphatic carbocycles. The zero-order valence-electron chi connectivity index (χ0n) is 18.4. The Bertz CT molecular complexity index is 601. The van der Waals surface area contributed by atoms with Crippen molar-refractivity contribution in [1.82, 2.24) is 0 Å². The molecule has 0 bridgehead atoms. The van der Waals surface area contributed by atoms with E-state index in [9.17, 15) is 0 Å². The van der Waals surface area contributed by atoms with Crippen LogP contribution in [0.4, 0.5) is 0 Å². The van der Waals surface area contributed by atoms with Gasteiger partial charge in [-0.15, -0.1) is 0 Å². The first kappa shape index (κ1) is 34.6. The summed E-state index contributed by atoms with van der Waals surface area (Å²) >= 11 is 29.3. The monoisotopic (exact) mass is 712 g/mol. The van der Waals surface area contributed by atoms with Crippen LogP contribution in [0.1, 0.15) is 41.5 Å². The van der Waals surface area contributed by atoms with Crippen LogP contribution in [0.3, 0.4) is 0 Å². The van der Waals surface area contributed by atoms with Gasteiger partial charge in [-0.2, -0.15) is 0 Å². The third kappa shape index (κ3) is 16.1. The third-order valence-electron chi connectivity index (χ3n) is 3.68. The Hall–Kier alpha value is 3.58. The van der Waals surface area contributed by atoms with Gasteiger partial charge in [0.2, 0.25) is 0 Å². The summed E-state index contributed by atoms with van der Waals surface area (Å²) in [5.41, 5.74) is -6.50. The predicted molar refractivity (Wildman–Crippen MR) is 148 cm³/mol. The van der Waals surface area contributed by atoms with E-state index >= 15 is 0 Å². The van der Waals surface area contributed by atoms with Crippen molar-refractivity contribution in [1.29, 1.82) is 0 Å². The molecule has 3 heterocycles. The molecule has 0 amide bonds. The van der Waals surface area contributed by atoms with Crippen molar-refractivity contribution in [3.63, 3.8) is 0 Å². The van der Waals surface area contributed by atoms with E-state index in [0.29, 0.717) is 39.6 Å². The van der Waals surface area contributed by atoms with Gasteiger partial charge < -0.3 is 63.9 Å². The molecule has 3 fully saturated rings. The summed E-state index contributed by atoms with van der Waals surface area (Å²) < 4.78 is 31.2. The molecule has 0 aromatic heterocycles. The van der Waals surface area contributed by atoms with E-state index in [0.717, 1.165) is 0 Å². The van der Waals surface area contributed by atoms with Gasteiger partial charge in [0.05, 0.1) is 56.7 Å². The van der Waals surface area contributed by atoms with Crippen LogP contribution in [-0.2, 0) is 99.3 Å². The maximum Gasteiger partial charge on any atom is 3.00 e. The quantitative estimate of drug-likeness (QED) is 0.191. The summed E-state index contributed by atoms with van der Waals surface area (Å²) in [6, 6.07) is 0. The van der Waals surface area contributed by atoms with Gasteiger partial charge in [-0.1, -0.05) is 77.0 Å². The van der Waals surface area contributed by atoms with Crippen molar-refractivity contribution in [2.24, 2.45) is 16.2 Å². The number of hydrogen-bond acceptors (Lipinski definition) is 12. The van der Waals surface area contributed by atoms with E-state index in [1.807, 2.05) is 0 Å². The van der Waals surface area contributed by atoms with Crippen molar-refractivity contribution in [2.45, 2.75) is 41.5 Å². The molecule has 0 unspecified atom stereocenters. The van der Waals surface area contributed by atoms with E-state index in [1.54, 1.807) is 0 Å². The largest absolute Gasteiger partial charge is 3.00 e. The molecule has 31 heavy (non-hydrogen) atoms. The van der Waals surface area contributed by atoms with E-state index in [-0.39, 0.29) is 40.7 Å². The molecule has 3 aliphatic rings. The average molecular weight is 713 g/mol. The Balaban J connectivity index is 0.000000429. The zero-order chi connectivity index (χ0) is 23.5. The molecule has 2 radical (unpaired) electrons. The Kier molecular flexibility index (Phi) is 14.9. The fourth-order valence-corrected chi connectivity index (χ4v) is 6.93. The SMILES string of the molecule is CC1(C)COP(=S)([S-])OC1.CC1(C)COP(=S)([S-])OC1.CC1(C)COP(=S)([S-])OC1.[Sb+3]. The van der Waals surface area contributed by atoms with Gasteiger partial charge in [0, 0.05) is 16.2 Å². The van der Waals surface area contributed by atoms with E-state index in [2.05, 4.69) is 41.5 Å². The van der Waals surface area contributed by atoms with Gasteiger partial charge in [0.15, 0.2) is 0 Å². The minimum absolute atomic E-state index is 0. The Morgan fingerprint density at radius 2 is 0.613 bits per heavy atom. The van der Waals surface area contributed by atoms with Crippen LogP contribution in [-0.4, -0.2) is 64.1 Å². The maximum absolute atomic E-state index is 5.20. The summed E-state index contributed by atoms with van der Waals surface area (Å²) in [5.74, 6) is 0. The summed E-state index contributed by atoms with van der Waals surface area (Å²) in [6.45, 7) is 16.2. The second-order valence-corrected chi connectivity index (χ2v) is 24.4. The predicted octanol–water partition coefficient (Wildman–Crippen LogP) is 5.11. The molecule has 16 heteroatoms. The van der Waals surface area contributed by atoms with Gasteiger partial charge in [0.1, 0.15) is 0 Å². The third-order valence-corrected chi connectivity index (χ3v) is 10.1. The minimum Gasteiger partial charge on any atom is -0.691 e. The number of hydrogen-bond donors (Lipinski definition) is 0. The summed E-state index contributed by atoms with van der Waals surface area (Å²) in [6.07, 6.45) is 0. The molecule has 0 spiro atoms. The van der Waals surface area contributed by atoms with Gasteiger partial charge >= 0.3 is 24.4 Å². The van der Waals surface area contributed by atoms with Gasteiger partial charge in [0.25, 0.3) is 0 Å². The smallest absolute Gasteiger partial charge is 0.691 e. The van der Waals surface area contributed by atoms with E-state index < -0.39 is 17.1 Å². The first-order valence-electron chi connectivity index (χ1n) is 9.04. The minimum atomic E-state index is -2.25. The van der Waals surface area contributed by atoms with Crippen molar-refractivity contribution >= 4 is 114 Å². The molecule has 3 saturated heterocycles. The second-order valence-electron chi connectivity index (χ2n) is 9.47. The molecule has 0 aromatic carbocycles. The number of rotatable bonds is 0. The Morgan fingerprint density at radius 3 is 0.710 bits per heavy atom. The van der Waals surface area contributed by atoms with Crippen molar-refractivity contribution in [2.75, 3.05) is 39.6 Å². The van der Waals surface area contributed by atoms with Crippen molar-refractivity contribution in [3.05, 3.63) is 0 Å². The molecular formula is C15H30O6P3S6Sb. The topological polar surface area (TPSA) is 55.4 Å². The van der Waals surface area contributed by atoms with E-state index in [4.69, 9.17) is 99.3 Å². The van der Waals surface area contributed by atoms with Crippen LogP contribution in [0, 0.1) is 16.2 Å². The van der Waals surface area contributed by atoms with Crippen molar-refractivity contribution in [3.8, 4) is 0 Å². The van der Waals surface area contributed by atoms with Crippen LogP contribution in [0.5, 0.6) is 0 Å². The molecule has 3 aliphatic heterocycles. The fraction of sp³-hybridized carbons (Fsp3) is 1.00. The van der Waals surface area contributed by atoms with Crippen LogP contribution < -0.4 is 0 Å². The molecule has 3 rings (SSSR count). The normalized spacial score (nSPS) is 28.9. The first-order valence-corrected chi connectivity index (χ1v) is 20.0. The molecule has 182 valence electrons. The van der Waals surface area contributed by atoms with Crippen LogP contribution >= 0.6 is 17.1 Å². The summed E-state index contributed by atoms with van der Waals surface area (Å²) in [5, 5.41) is 0. The van der Waals surface area contributed by atoms with Crippen LogP contribution in [0.15, 0.2) is 0 Å². The van der Waals surface area contributed by atoms with Gasteiger partial charge in [-0.3, -0.25) is 0 Å². The molecule has 0 saturated carbocycles. The molecule has 0 atom stereocenters. The molecule has 0 N–H and O–H groups in total. The van der Waals surface area contributed by atoms with Gasteiger partial charge in [-0.05, 0) is 0 Å². The summed E-state index contributed by atoms with van der Waals surface area (Å²) in [7, 11) is 0. The zero-order valence-corrected chi connectivity index (χ0v) is 28.6. The van der Waals surface area contributed by atoms with Gasteiger partial charge in [-0.25, -0.2) is 0 Å². The second kappa shape index (κ2) is 13.4. The van der Waals surface area contributed by atoms with Crippen LogP contribution in [0.2, 0.25) is 0 Å². The molecule has 0 aromatic rings. The molecular weight excluding hydrogens is 683 g/mol. The maximum atomic E-state index is 5.20. The Morgan fingerprint density at radius 1 is 0.484 bits per heavy atom. The standard InChI is InChI=1S/3C5H11O2PS2.Sb/c3*1-5(2)3-6-8(9,10)7-4-5;/h3*3-4H2,1-2H3,(H,9,10);/q;;;+3/p-3. The Labute approximate surface area is 236 Å². The summed E-state index contributed by atoms with van der Waals surface area (Å²) in [4.78, 5) is 0.